The van der Waals surface area contributed by atoms with Gasteiger partial charge in [-0.2, -0.15) is 5.10 Å². The lowest BCUT2D eigenvalue weighted by Crippen LogP contribution is -2.05. The summed E-state index contributed by atoms with van der Waals surface area (Å²) in [4.78, 5) is 0. The van der Waals surface area contributed by atoms with Gasteiger partial charge in [0.15, 0.2) is 11.6 Å². The highest BCUT2D eigenvalue weighted by atomic mass is 19.2. The molecular weight excluding hydrogens is 240 g/mol. The molecule has 2 N–H and O–H groups in total. The quantitative estimate of drug-likeness (QED) is 0.831. The van der Waals surface area contributed by atoms with Crippen LogP contribution in [0.3, 0.4) is 0 Å². The van der Waals surface area contributed by atoms with Crippen molar-refractivity contribution in [1.82, 2.24) is 9.78 Å². The fraction of sp³-hybridized carbons (Fsp3) is 0.250. The minimum absolute atomic E-state index is 0.314. The Morgan fingerprint density at radius 2 is 2.06 bits per heavy atom. The van der Waals surface area contributed by atoms with Crippen molar-refractivity contribution in [1.29, 1.82) is 0 Å². The van der Waals surface area contributed by atoms with E-state index in [2.05, 4.69) is 5.10 Å². The van der Waals surface area contributed by atoms with Gasteiger partial charge in [0, 0.05) is 25.2 Å². The first-order chi connectivity index (χ1) is 8.65. The van der Waals surface area contributed by atoms with Gasteiger partial charge in [0.2, 0.25) is 0 Å². The fourth-order valence-electron chi connectivity index (χ4n) is 1.49. The van der Waals surface area contributed by atoms with Crippen LogP contribution in [0.15, 0.2) is 30.5 Å². The molecule has 0 aliphatic carbocycles. The molecule has 0 aliphatic rings. The van der Waals surface area contributed by atoms with Gasteiger partial charge in [-0.05, 0) is 18.2 Å². The Kier molecular flexibility index (Phi) is 3.76. The molecule has 0 bridgehead atoms. The second-order valence-corrected chi connectivity index (χ2v) is 3.78. The number of ether oxygens (including phenoxy) is 1. The third-order valence-corrected chi connectivity index (χ3v) is 2.35. The van der Waals surface area contributed by atoms with Crippen LogP contribution in [0.4, 0.5) is 14.6 Å². The summed E-state index contributed by atoms with van der Waals surface area (Å²) in [6.45, 7) is 1.05. The molecule has 2 aromatic rings. The average molecular weight is 253 g/mol. The molecule has 1 aromatic heterocycles. The van der Waals surface area contributed by atoms with Crippen LogP contribution in [0.1, 0.15) is 6.42 Å². The van der Waals surface area contributed by atoms with E-state index in [-0.39, 0.29) is 0 Å². The predicted octanol–water partition coefficient (Wildman–Crippen LogP) is 2.21. The van der Waals surface area contributed by atoms with Gasteiger partial charge in [0.25, 0.3) is 0 Å². The number of nitrogen functional groups attached to an aromatic ring is 1. The number of anilines is 1. The molecule has 0 saturated carbocycles. The summed E-state index contributed by atoms with van der Waals surface area (Å²) >= 11 is 0. The van der Waals surface area contributed by atoms with E-state index in [9.17, 15) is 8.78 Å². The highest BCUT2D eigenvalue weighted by Crippen LogP contribution is 2.15. The average Bonchev–Trinajstić information content (AvgIpc) is 2.75. The molecule has 1 aromatic carbocycles. The third kappa shape index (κ3) is 3.19. The lowest BCUT2D eigenvalue weighted by atomic mass is 10.3. The molecule has 0 amide bonds. The molecule has 1 heterocycles. The van der Waals surface area contributed by atoms with Crippen LogP contribution in [0, 0.1) is 11.6 Å². The van der Waals surface area contributed by atoms with Crippen LogP contribution in [0.2, 0.25) is 0 Å². The highest BCUT2D eigenvalue weighted by Gasteiger charge is 2.03. The molecule has 0 aliphatic heterocycles. The summed E-state index contributed by atoms with van der Waals surface area (Å²) in [5.41, 5.74) is 5.46. The maximum atomic E-state index is 12.9. The summed E-state index contributed by atoms with van der Waals surface area (Å²) in [5, 5.41) is 4.01. The Bertz CT molecular complexity index is 528. The molecule has 6 heteroatoms. The topological polar surface area (TPSA) is 53.1 Å². The number of nitrogens with two attached hydrogens (primary N) is 1. The van der Waals surface area contributed by atoms with Crippen molar-refractivity contribution in [2.24, 2.45) is 0 Å². The second-order valence-electron chi connectivity index (χ2n) is 3.78. The first-order valence-corrected chi connectivity index (χ1v) is 5.52. The van der Waals surface area contributed by atoms with Crippen LogP contribution in [0.5, 0.6) is 5.75 Å². The first-order valence-electron chi connectivity index (χ1n) is 5.52. The predicted molar refractivity (Wildman–Crippen MR) is 63.1 cm³/mol. The van der Waals surface area contributed by atoms with Crippen molar-refractivity contribution >= 4 is 5.82 Å². The van der Waals surface area contributed by atoms with Crippen molar-refractivity contribution in [3.8, 4) is 5.75 Å². The van der Waals surface area contributed by atoms with Crippen molar-refractivity contribution < 1.29 is 13.5 Å². The van der Waals surface area contributed by atoms with Gasteiger partial charge >= 0.3 is 0 Å². The summed E-state index contributed by atoms with van der Waals surface area (Å²) in [7, 11) is 0. The van der Waals surface area contributed by atoms with Gasteiger partial charge in [0.1, 0.15) is 11.6 Å². The Balaban J connectivity index is 1.76. The van der Waals surface area contributed by atoms with E-state index in [1.807, 2.05) is 0 Å². The van der Waals surface area contributed by atoms with Crippen LogP contribution < -0.4 is 10.5 Å². The third-order valence-electron chi connectivity index (χ3n) is 2.35. The Morgan fingerprint density at radius 1 is 1.22 bits per heavy atom. The summed E-state index contributed by atoms with van der Waals surface area (Å²) in [6.07, 6.45) is 2.47. The van der Waals surface area contributed by atoms with E-state index in [0.29, 0.717) is 31.1 Å². The molecule has 0 radical (unpaired) electrons. The molecule has 2 rings (SSSR count). The molecule has 0 unspecified atom stereocenters. The number of aromatic nitrogens is 2. The molecular formula is C12H13F2N3O. The van der Waals surface area contributed by atoms with E-state index < -0.39 is 11.6 Å². The monoisotopic (exact) mass is 253 g/mol. The largest absolute Gasteiger partial charge is 0.493 e. The molecule has 0 spiro atoms. The van der Waals surface area contributed by atoms with Gasteiger partial charge in [0.05, 0.1) is 6.61 Å². The zero-order valence-electron chi connectivity index (χ0n) is 9.64. The molecule has 0 fully saturated rings. The van der Waals surface area contributed by atoms with Crippen molar-refractivity contribution in [2.45, 2.75) is 13.0 Å². The normalized spacial score (nSPS) is 10.6. The van der Waals surface area contributed by atoms with E-state index in [1.165, 1.54) is 6.07 Å². The number of hydrogen-bond acceptors (Lipinski definition) is 3. The maximum Gasteiger partial charge on any atom is 0.162 e. The van der Waals surface area contributed by atoms with E-state index in [4.69, 9.17) is 10.5 Å². The van der Waals surface area contributed by atoms with E-state index in [1.54, 1.807) is 16.9 Å². The molecule has 0 atom stereocenters. The molecule has 18 heavy (non-hydrogen) atoms. The first kappa shape index (κ1) is 12.3. The van der Waals surface area contributed by atoms with Crippen LogP contribution >= 0.6 is 0 Å². The van der Waals surface area contributed by atoms with Crippen LogP contribution in [-0.4, -0.2) is 16.4 Å². The van der Waals surface area contributed by atoms with Gasteiger partial charge < -0.3 is 10.5 Å². The summed E-state index contributed by atoms with van der Waals surface area (Å²) in [5.74, 6) is -1.01. The van der Waals surface area contributed by atoms with Crippen LogP contribution in [0.25, 0.3) is 0 Å². The van der Waals surface area contributed by atoms with Gasteiger partial charge in [-0.25, -0.2) is 8.78 Å². The number of nitrogens with zero attached hydrogens (tertiary/aromatic N) is 2. The van der Waals surface area contributed by atoms with Gasteiger partial charge in [-0.1, -0.05) is 0 Å². The SMILES string of the molecule is Nc1ccn(CCCOc2ccc(F)c(F)c2)n1. The molecule has 0 saturated heterocycles. The number of halogens is 2. The zero-order chi connectivity index (χ0) is 13.0. The summed E-state index contributed by atoms with van der Waals surface area (Å²) < 4.78 is 32.5. The Labute approximate surface area is 103 Å². The van der Waals surface area contributed by atoms with E-state index >= 15 is 0 Å². The lowest BCUT2D eigenvalue weighted by molar-refractivity contribution is 0.296. The number of benzene rings is 1. The fourth-order valence-corrected chi connectivity index (χ4v) is 1.49. The van der Waals surface area contributed by atoms with Crippen molar-refractivity contribution in [3.63, 3.8) is 0 Å². The molecule has 4 nitrogen and oxygen atoms in total. The number of aryl methyl sites for hydroxylation is 1. The summed E-state index contributed by atoms with van der Waals surface area (Å²) in [6, 6.07) is 5.17. The van der Waals surface area contributed by atoms with Crippen molar-refractivity contribution in [3.05, 3.63) is 42.1 Å². The van der Waals surface area contributed by atoms with E-state index in [0.717, 1.165) is 12.1 Å². The minimum Gasteiger partial charge on any atom is -0.493 e. The Morgan fingerprint density at radius 3 is 2.72 bits per heavy atom. The lowest BCUT2D eigenvalue weighted by Gasteiger charge is -2.06. The van der Waals surface area contributed by atoms with Gasteiger partial charge in [-0.15, -0.1) is 0 Å². The minimum atomic E-state index is -0.910. The number of hydrogen-bond donors (Lipinski definition) is 1. The van der Waals surface area contributed by atoms with Gasteiger partial charge in [-0.3, -0.25) is 4.68 Å². The molecule has 96 valence electrons. The Hall–Kier alpha value is -2.11. The van der Waals surface area contributed by atoms with Crippen LogP contribution in [-0.2, 0) is 6.54 Å². The highest BCUT2D eigenvalue weighted by molar-refractivity contribution is 5.24. The smallest absolute Gasteiger partial charge is 0.162 e. The van der Waals surface area contributed by atoms with Crippen molar-refractivity contribution in [2.75, 3.05) is 12.3 Å². The zero-order valence-corrected chi connectivity index (χ0v) is 9.64. The standard InChI is InChI=1S/C12H13F2N3O/c13-10-3-2-9(8-11(10)14)18-7-1-5-17-6-4-12(15)16-17/h2-4,6,8H,1,5,7H2,(H2,15,16). The second kappa shape index (κ2) is 5.48. The number of rotatable bonds is 5. The maximum absolute atomic E-state index is 12.9.